The summed E-state index contributed by atoms with van der Waals surface area (Å²) >= 11 is 0. The molecule has 4 aromatic rings. The van der Waals surface area contributed by atoms with Crippen molar-refractivity contribution in [3.8, 4) is 17.3 Å². The number of anilines is 1. The summed E-state index contributed by atoms with van der Waals surface area (Å²) in [5.41, 5.74) is 7.11. The third-order valence-corrected chi connectivity index (χ3v) is 6.95. The molecule has 1 aromatic carbocycles. The third-order valence-electron chi connectivity index (χ3n) is 6.95. The number of hydrogen-bond donors (Lipinski definition) is 2. The topological polar surface area (TPSA) is 114 Å². The molecule has 1 aliphatic heterocycles. The molecule has 1 aliphatic rings. The van der Waals surface area contributed by atoms with Crippen LogP contribution in [0.3, 0.4) is 0 Å². The van der Waals surface area contributed by atoms with Gasteiger partial charge < -0.3 is 18.9 Å². The number of imidazole rings is 1. The van der Waals surface area contributed by atoms with Crippen molar-refractivity contribution in [3.63, 3.8) is 0 Å². The highest BCUT2D eigenvalue weighted by Crippen LogP contribution is 2.29. The summed E-state index contributed by atoms with van der Waals surface area (Å²) < 4.78 is 13.0. The van der Waals surface area contributed by atoms with Crippen LogP contribution in [0.1, 0.15) is 23.9 Å². The number of nitrogens with zero attached hydrogens (tertiary/aromatic N) is 7. The molecule has 1 saturated heterocycles. The van der Waals surface area contributed by atoms with E-state index in [1.165, 1.54) is 5.56 Å². The predicted octanol–water partition coefficient (Wildman–Crippen LogP) is 3.89. The first kappa shape index (κ1) is 28.2. The molecule has 4 heterocycles. The maximum Gasteiger partial charge on any atom is 0.212 e. The molecule has 11 heteroatoms. The van der Waals surface area contributed by atoms with Gasteiger partial charge in [0.15, 0.2) is 22.8 Å². The van der Waals surface area contributed by atoms with Gasteiger partial charge in [0.25, 0.3) is 0 Å². The van der Waals surface area contributed by atoms with E-state index in [-0.39, 0.29) is 0 Å². The largest absolute Gasteiger partial charge is 0.481 e. The maximum absolute atomic E-state index is 8.89. The molecule has 2 N–H and O–H groups in total. The summed E-state index contributed by atoms with van der Waals surface area (Å²) in [5, 5.41) is 8.89. The van der Waals surface area contributed by atoms with Crippen molar-refractivity contribution in [1.29, 1.82) is 0 Å². The van der Waals surface area contributed by atoms with E-state index < -0.39 is 0 Å². The Hall–Kier alpha value is -4.32. The molecule has 0 amide bonds. The van der Waals surface area contributed by atoms with Crippen molar-refractivity contribution in [2.75, 3.05) is 45.4 Å². The lowest BCUT2D eigenvalue weighted by Gasteiger charge is -2.28. The number of hydrogen-bond acceptors (Lipinski definition) is 10. The van der Waals surface area contributed by atoms with Gasteiger partial charge in [0.1, 0.15) is 5.82 Å². The van der Waals surface area contributed by atoms with Gasteiger partial charge in [-0.25, -0.2) is 19.9 Å². The van der Waals surface area contributed by atoms with E-state index in [0.29, 0.717) is 37.2 Å². The van der Waals surface area contributed by atoms with Gasteiger partial charge >= 0.3 is 0 Å². The number of ether oxygens (including phenoxy) is 2. The molecule has 0 saturated carbocycles. The van der Waals surface area contributed by atoms with Gasteiger partial charge in [-0.1, -0.05) is 36.9 Å². The highest BCUT2D eigenvalue weighted by atomic mass is 16.5. The summed E-state index contributed by atoms with van der Waals surface area (Å²) in [6.07, 6.45) is 5.36. The van der Waals surface area contributed by atoms with Crippen molar-refractivity contribution in [1.82, 2.24) is 34.9 Å². The van der Waals surface area contributed by atoms with Crippen LogP contribution in [0.2, 0.25) is 0 Å². The van der Waals surface area contributed by atoms with Gasteiger partial charge in [-0.05, 0) is 37.2 Å². The molecule has 214 valence electrons. The fourth-order valence-corrected chi connectivity index (χ4v) is 4.82. The Bertz CT molecular complexity index is 1510. The van der Waals surface area contributed by atoms with Crippen LogP contribution in [0, 0.1) is 0 Å². The Morgan fingerprint density at radius 1 is 1.12 bits per heavy atom. The standard InChI is InChI=1S/C30H36N8O3/c1-5-38-25(20-36(3)19-23-10-8-22(9-11-23)7-6-21(2)35-39)32-27-29(37-14-16-41-17-15-37)33-28(34-30(27)38)24-12-13-26(40-4)31-18-24/h6-13,18,35,39H,2,5,14-17,19-20H2,1,3-4H3/b7-6+. The van der Waals surface area contributed by atoms with Gasteiger partial charge in [0.05, 0.1) is 32.6 Å². The first-order valence-electron chi connectivity index (χ1n) is 13.6. The minimum absolute atomic E-state index is 0.432. The number of benzene rings is 1. The quantitative estimate of drug-likeness (QED) is 0.208. The number of aryl methyl sites for hydroxylation is 1. The summed E-state index contributed by atoms with van der Waals surface area (Å²) in [5.74, 6) is 2.91. The van der Waals surface area contributed by atoms with Crippen LogP contribution >= 0.6 is 0 Å². The average molecular weight is 557 g/mol. The average Bonchev–Trinajstić information content (AvgIpc) is 3.37. The number of methoxy groups -OCH3 is 1. The SMILES string of the molecule is C=C(/C=C/c1ccc(CN(C)Cc2nc3c(N4CCOCC4)nc(-c4ccc(OC)nc4)nc3n2CC)cc1)NO. The van der Waals surface area contributed by atoms with Crippen LogP contribution in [-0.2, 0) is 24.4 Å². The number of rotatable bonds is 11. The van der Waals surface area contributed by atoms with Crippen molar-refractivity contribution in [2.45, 2.75) is 26.6 Å². The maximum atomic E-state index is 8.89. The van der Waals surface area contributed by atoms with Gasteiger partial charge in [-0.3, -0.25) is 15.6 Å². The van der Waals surface area contributed by atoms with Gasteiger partial charge in [-0.2, -0.15) is 0 Å². The summed E-state index contributed by atoms with van der Waals surface area (Å²) in [4.78, 5) is 23.9. The number of morpholine rings is 1. The second-order valence-corrected chi connectivity index (χ2v) is 9.89. The van der Waals surface area contributed by atoms with Crippen LogP contribution in [0.15, 0.2) is 60.9 Å². The molecule has 0 spiro atoms. The Morgan fingerprint density at radius 3 is 2.56 bits per heavy atom. The zero-order chi connectivity index (χ0) is 28.8. The molecular formula is C30H36N8O3. The molecule has 3 aromatic heterocycles. The van der Waals surface area contributed by atoms with Crippen molar-refractivity contribution >= 4 is 23.1 Å². The van der Waals surface area contributed by atoms with E-state index in [0.717, 1.165) is 60.1 Å². The molecule has 11 nitrogen and oxygen atoms in total. The number of allylic oxidation sites excluding steroid dienone is 1. The van der Waals surface area contributed by atoms with Crippen LogP contribution in [0.4, 0.5) is 5.82 Å². The minimum Gasteiger partial charge on any atom is -0.481 e. The molecule has 1 fully saturated rings. The zero-order valence-corrected chi connectivity index (χ0v) is 23.7. The number of aromatic nitrogens is 5. The number of fused-ring (bicyclic) bond motifs is 1. The molecule has 41 heavy (non-hydrogen) atoms. The molecule has 0 radical (unpaired) electrons. The number of pyridine rings is 1. The lowest BCUT2D eigenvalue weighted by molar-refractivity contribution is 0.122. The third kappa shape index (κ3) is 6.54. The van der Waals surface area contributed by atoms with E-state index in [1.54, 1.807) is 19.4 Å². The first-order valence-corrected chi connectivity index (χ1v) is 13.6. The molecule has 0 bridgehead atoms. The lowest BCUT2D eigenvalue weighted by atomic mass is 10.1. The molecule has 5 rings (SSSR count). The van der Waals surface area contributed by atoms with E-state index in [2.05, 4.69) is 52.0 Å². The van der Waals surface area contributed by atoms with E-state index in [4.69, 9.17) is 29.6 Å². The Kier molecular flexibility index (Phi) is 8.88. The van der Waals surface area contributed by atoms with Crippen LogP contribution in [0.25, 0.3) is 28.6 Å². The van der Waals surface area contributed by atoms with Crippen LogP contribution < -0.4 is 15.1 Å². The number of nitrogens with one attached hydrogen (secondary N) is 1. The second-order valence-electron chi connectivity index (χ2n) is 9.89. The monoisotopic (exact) mass is 556 g/mol. The second kappa shape index (κ2) is 12.9. The molecule has 0 atom stereocenters. The fraction of sp³-hybridized carbons (Fsp3) is 0.333. The Balaban J connectivity index is 1.43. The highest BCUT2D eigenvalue weighted by molar-refractivity contribution is 5.86. The van der Waals surface area contributed by atoms with Crippen molar-refractivity contribution in [3.05, 3.63) is 77.9 Å². The first-order chi connectivity index (χ1) is 20.0. The fourth-order valence-electron chi connectivity index (χ4n) is 4.82. The number of hydroxylamine groups is 1. The summed E-state index contributed by atoms with van der Waals surface area (Å²) in [6.45, 7) is 10.7. The van der Waals surface area contributed by atoms with Gasteiger partial charge in [0, 0.05) is 44.0 Å². The van der Waals surface area contributed by atoms with Gasteiger partial charge in [0.2, 0.25) is 5.88 Å². The normalized spacial score (nSPS) is 13.8. The van der Waals surface area contributed by atoms with E-state index in [9.17, 15) is 0 Å². The molecule has 0 unspecified atom stereocenters. The van der Waals surface area contributed by atoms with Crippen LogP contribution in [0.5, 0.6) is 5.88 Å². The van der Waals surface area contributed by atoms with E-state index >= 15 is 0 Å². The molecule has 0 aliphatic carbocycles. The minimum atomic E-state index is 0.432. The Morgan fingerprint density at radius 2 is 1.90 bits per heavy atom. The smallest absolute Gasteiger partial charge is 0.212 e. The molecular weight excluding hydrogens is 520 g/mol. The Labute approximate surface area is 239 Å². The lowest BCUT2D eigenvalue weighted by Crippen LogP contribution is -2.37. The van der Waals surface area contributed by atoms with Crippen molar-refractivity contribution < 1.29 is 14.7 Å². The van der Waals surface area contributed by atoms with Crippen LogP contribution in [-0.4, -0.2) is 75.1 Å². The highest BCUT2D eigenvalue weighted by Gasteiger charge is 2.23. The summed E-state index contributed by atoms with van der Waals surface area (Å²) in [6, 6.07) is 12.0. The van der Waals surface area contributed by atoms with Crippen molar-refractivity contribution in [2.24, 2.45) is 0 Å². The summed E-state index contributed by atoms with van der Waals surface area (Å²) in [7, 11) is 3.69. The zero-order valence-electron chi connectivity index (χ0n) is 23.7. The van der Waals surface area contributed by atoms with Gasteiger partial charge in [-0.15, -0.1) is 0 Å². The predicted molar refractivity (Wildman–Crippen MR) is 159 cm³/mol. The van der Waals surface area contributed by atoms with E-state index in [1.807, 2.05) is 35.8 Å².